The van der Waals surface area contributed by atoms with E-state index in [9.17, 15) is 19.3 Å². The molecule has 0 radical (unpaired) electrons. The highest BCUT2D eigenvalue weighted by molar-refractivity contribution is 5.96. The first-order valence-corrected chi connectivity index (χ1v) is 8.82. The van der Waals surface area contributed by atoms with Crippen molar-refractivity contribution >= 4 is 17.3 Å². The number of hydrogen-bond donors (Lipinski definition) is 2. The Kier molecular flexibility index (Phi) is 6.32. The average molecular weight is 416 g/mol. The normalized spacial score (nSPS) is 11.7. The number of ether oxygens (including phenoxy) is 1. The van der Waals surface area contributed by atoms with Crippen LogP contribution in [0.25, 0.3) is 11.5 Å². The van der Waals surface area contributed by atoms with Crippen molar-refractivity contribution in [2.45, 2.75) is 13.0 Å². The second-order valence-corrected chi connectivity index (χ2v) is 6.14. The quantitative estimate of drug-likeness (QED) is 0.322. The van der Waals surface area contributed by atoms with Crippen molar-refractivity contribution < 1.29 is 28.4 Å². The van der Waals surface area contributed by atoms with Crippen molar-refractivity contribution in [3.8, 4) is 11.5 Å². The number of nitrogens with one attached hydrogen (secondary N) is 1. The fraction of sp³-hybridized carbons (Fsp3) is 0.211. The molecule has 0 aliphatic rings. The summed E-state index contributed by atoms with van der Waals surface area (Å²) < 4.78 is 23.9. The van der Waals surface area contributed by atoms with Crippen molar-refractivity contribution in [2.75, 3.05) is 18.5 Å². The van der Waals surface area contributed by atoms with Crippen molar-refractivity contribution in [1.29, 1.82) is 0 Å². The molecule has 2 aromatic carbocycles. The first-order chi connectivity index (χ1) is 14.4. The van der Waals surface area contributed by atoms with Crippen LogP contribution in [0.2, 0.25) is 0 Å². The minimum Gasteiger partial charge on any atom is -0.449 e. The zero-order valence-electron chi connectivity index (χ0n) is 15.7. The summed E-state index contributed by atoms with van der Waals surface area (Å²) in [5, 5.41) is 30.5. The Labute approximate surface area is 169 Å². The van der Waals surface area contributed by atoms with E-state index in [2.05, 4.69) is 15.5 Å². The highest BCUT2D eigenvalue weighted by atomic mass is 19.1. The number of carbonyl (C=O) groups is 1. The fourth-order valence-corrected chi connectivity index (χ4v) is 2.54. The minimum atomic E-state index is -0.954. The monoisotopic (exact) mass is 416 g/mol. The molecule has 0 saturated carbocycles. The molecule has 0 aliphatic heterocycles. The molecule has 0 aliphatic carbocycles. The van der Waals surface area contributed by atoms with Crippen LogP contribution in [0, 0.1) is 15.9 Å². The number of carbonyl (C=O) groups excluding carboxylic acids is 1. The lowest BCUT2D eigenvalue weighted by atomic mass is 10.1. The Morgan fingerprint density at radius 1 is 1.30 bits per heavy atom. The van der Waals surface area contributed by atoms with Crippen LogP contribution in [0.3, 0.4) is 0 Å². The first kappa shape index (κ1) is 20.9. The molecule has 1 atom stereocenters. The van der Waals surface area contributed by atoms with Crippen LogP contribution in [-0.2, 0) is 4.74 Å². The van der Waals surface area contributed by atoms with Crippen LogP contribution < -0.4 is 5.32 Å². The van der Waals surface area contributed by atoms with E-state index in [4.69, 9.17) is 14.3 Å². The van der Waals surface area contributed by atoms with Gasteiger partial charge in [0.1, 0.15) is 5.82 Å². The van der Waals surface area contributed by atoms with Crippen LogP contribution in [-0.4, -0.2) is 39.3 Å². The molecule has 1 aromatic heterocycles. The third-order valence-corrected chi connectivity index (χ3v) is 4.02. The third-order valence-electron chi connectivity index (χ3n) is 4.02. The van der Waals surface area contributed by atoms with E-state index in [1.807, 2.05) is 0 Å². The van der Waals surface area contributed by atoms with Gasteiger partial charge in [-0.15, -0.1) is 10.2 Å². The van der Waals surface area contributed by atoms with Crippen LogP contribution in [0.5, 0.6) is 0 Å². The number of hydrogen-bond acceptors (Lipinski definition) is 9. The number of rotatable bonds is 8. The Bertz CT molecular complexity index is 1050. The maximum atomic E-state index is 13.0. The molecule has 10 nitrogen and oxygen atoms in total. The van der Waals surface area contributed by atoms with Gasteiger partial charge >= 0.3 is 5.97 Å². The molecule has 3 rings (SSSR count). The van der Waals surface area contributed by atoms with Crippen molar-refractivity contribution in [3.05, 3.63) is 69.9 Å². The Hall–Kier alpha value is -3.86. The predicted octanol–water partition coefficient (Wildman–Crippen LogP) is 3.11. The number of esters is 1. The number of nitro groups is 1. The molecule has 156 valence electrons. The molecular weight excluding hydrogens is 399 g/mol. The number of halogens is 1. The van der Waals surface area contributed by atoms with Gasteiger partial charge < -0.3 is 19.6 Å². The number of aromatic nitrogens is 2. The zero-order valence-corrected chi connectivity index (χ0v) is 15.7. The summed E-state index contributed by atoms with van der Waals surface area (Å²) in [7, 11) is 0. The Morgan fingerprint density at radius 2 is 2.03 bits per heavy atom. The van der Waals surface area contributed by atoms with Gasteiger partial charge in [-0.25, -0.2) is 9.18 Å². The van der Waals surface area contributed by atoms with Crippen LogP contribution >= 0.6 is 0 Å². The summed E-state index contributed by atoms with van der Waals surface area (Å²) in [4.78, 5) is 23.0. The molecule has 3 aromatic rings. The lowest BCUT2D eigenvalue weighted by Gasteiger charge is -2.13. The maximum Gasteiger partial charge on any atom is 0.341 e. The first-order valence-electron chi connectivity index (χ1n) is 8.82. The third kappa shape index (κ3) is 4.75. The minimum absolute atomic E-state index is 0.00188. The lowest BCUT2D eigenvalue weighted by molar-refractivity contribution is -0.384. The van der Waals surface area contributed by atoms with Gasteiger partial charge in [-0.3, -0.25) is 10.1 Å². The van der Waals surface area contributed by atoms with Gasteiger partial charge in [-0.05, 0) is 37.3 Å². The fourth-order valence-electron chi connectivity index (χ4n) is 2.54. The number of nitro benzene ring substituents is 1. The number of benzene rings is 2. The second kappa shape index (κ2) is 9.09. The van der Waals surface area contributed by atoms with Crippen molar-refractivity contribution in [1.82, 2.24) is 10.2 Å². The van der Waals surface area contributed by atoms with Gasteiger partial charge in [-0.1, -0.05) is 0 Å². The van der Waals surface area contributed by atoms with Gasteiger partial charge in [0.15, 0.2) is 6.10 Å². The number of nitrogens with zero attached hydrogens (tertiary/aromatic N) is 3. The average Bonchev–Trinajstić information content (AvgIpc) is 3.23. The van der Waals surface area contributed by atoms with Crippen LogP contribution in [0.4, 0.5) is 15.8 Å². The van der Waals surface area contributed by atoms with E-state index in [-0.39, 0.29) is 41.9 Å². The van der Waals surface area contributed by atoms with E-state index in [1.165, 1.54) is 43.3 Å². The van der Waals surface area contributed by atoms with E-state index in [0.717, 1.165) is 6.07 Å². The standard InChI is InChI=1S/C19H17FN4O6/c1-11(17-22-23-18(30-17)12-2-4-13(20)5-3-12)29-19(26)15-10-14(24(27)28)6-7-16(15)21-8-9-25/h2-7,10-11,21,25H,8-9H2,1H3/t11-/m0/s1. The van der Waals surface area contributed by atoms with E-state index < -0.39 is 22.8 Å². The Morgan fingerprint density at radius 3 is 2.70 bits per heavy atom. The molecule has 11 heteroatoms. The molecular formula is C19H17FN4O6. The highest BCUT2D eigenvalue weighted by Gasteiger charge is 2.23. The van der Waals surface area contributed by atoms with Gasteiger partial charge in [0.05, 0.1) is 17.1 Å². The highest BCUT2D eigenvalue weighted by Crippen LogP contribution is 2.27. The van der Waals surface area contributed by atoms with Gasteiger partial charge in [0, 0.05) is 29.9 Å². The molecule has 1 heterocycles. The Balaban J connectivity index is 1.79. The largest absolute Gasteiger partial charge is 0.449 e. The van der Waals surface area contributed by atoms with Crippen molar-refractivity contribution in [3.63, 3.8) is 0 Å². The zero-order chi connectivity index (χ0) is 21.7. The van der Waals surface area contributed by atoms with Gasteiger partial charge in [0.25, 0.3) is 11.6 Å². The molecule has 0 saturated heterocycles. The number of aliphatic hydroxyl groups excluding tert-OH is 1. The predicted molar refractivity (Wildman–Crippen MR) is 102 cm³/mol. The number of aliphatic hydroxyl groups is 1. The van der Waals surface area contributed by atoms with E-state index in [1.54, 1.807) is 0 Å². The number of anilines is 1. The maximum absolute atomic E-state index is 13.0. The van der Waals surface area contributed by atoms with Gasteiger partial charge in [0.2, 0.25) is 5.89 Å². The topological polar surface area (TPSA) is 141 Å². The lowest BCUT2D eigenvalue weighted by Crippen LogP contribution is -2.14. The van der Waals surface area contributed by atoms with E-state index >= 15 is 0 Å². The molecule has 0 spiro atoms. The molecule has 0 unspecified atom stereocenters. The van der Waals surface area contributed by atoms with Gasteiger partial charge in [-0.2, -0.15) is 0 Å². The summed E-state index contributed by atoms with van der Waals surface area (Å²) in [5.74, 6) is -1.15. The SMILES string of the molecule is C[C@H](OC(=O)c1cc([N+](=O)[O-])ccc1NCCO)c1nnc(-c2ccc(F)cc2)o1. The summed E-state index contributed by atoms with van der Waals surface area (Å²) in [6, 6.07) is 9.07. The van der Waals surface area contributed by atoms with Crippen LogP contribution in [0.15, 0.2) is 46.9 Å². The van der Waals surface area contributed by atoms with Crippen molar-refractivity contribution in [2.24, 2.45) is 0 Å². The molecule has 0 bridgehead atoms. The number of non-ortho nitro benzene ring substituents is 1. The second-order valence-electron chi connectivity index (χ2n) is 6.14. The smallest absolute Gasteiger partial charge is 0.341 e. The molecule has 30 heavy (non-hydrogen) atoms. The summed E-state index contributed by atoms with van der Waals surface area (Å²) >= 11 is 0. The molecule has 0 amide bonds. The van der Waals surface area contributed by atoms with Crippen LogP contribution in [0.1, 0.15) is 29.3 Å². The molecule has 2 N–H and O–H groups in total. The summed E-state index contributed by atoms with van der Waals surface area (Å²) in [5.41, 5.74) is 0.385. The van der Waals surface area contributed by atoms with E-state index in [0.29, 0.717) is 5.56 Å². The summed E-state index contributed by atoms with van der Waals surface area (Å²) in [6.07, 6.45) is -0.954. The summed E-state index contributed by atoms with van der Waals surface area (Å²) in [6.45, 7) is 1.44. The molecule has 0 fully saturated rings.